The average molecular weight is 521 g/mol. The van der Waals surface area contributed by atoms with Gasteiger partial charge in [0.15, 0.2) is 0 Å². The minimum Gasteiger partial charge on any atom is -0.347 e. The van der Waals surface area contributed by atoms with Gasteiger partial charge in [-0.25, -0.2) is 0 Å². The zero-order valence-electron chi connectivity index (χ0n) is 22.6. The van der Waals surface area contributed by atoms with Gasteiger partial charge in [0, 0.05) is 42.4 Å². The maximum Gasteiger partial charge on any atom is 0.133 e. The van der Waals surface area contributed by atoms with E-state index in [1.807, 2.05) is 0 Å². The summed E-state index contributed by atoms with van der Waals surface area (Å²) < 4.78 is 2.50. The molecule has 1 aliphatic heterocycles. The highest BCUT2D eigenvalue weighted by Gasteiger charge is 2.24. The van der Waals surface area contributed by atoms with Gasteiger partial charge in [-0.2, -0.15) is 0 Å². The first-order chi connectivity index (χ1) is 17.7. The number of ketones is 1. The van der Waals surface area contributed by atoms with E-state index in [1.165, 1.54) is 79.0 Å². The summed E-state index contributed by atoms with van der Waals surface area (Å²) in [5, 5.41) is 4.78. The molecule has 2 fully saturated rings. The van der Waals surface area contributed by atoms with Crippen molar-refractivity contribution in [2.75, 3.05) is 13.1 Å². The Morgan fingerprint density at radius 1 is 0.973 bits per heavy atom. The zero-order chi connectivity index (χ0) is 24.7. The molecule has 3 nitrogen and oxygen atoms in total. The number of hydrogen-bond donors (Lipinski definition) is 1. The molecule has 2 heterocycles. The minimum atomic E-state index is 0. The first-order valence-electron chi connectivity index (χ1n) is 14.5. The molecule has 0 bridgehead atoms. The van der Waals surface area contributed by atoms with Crippen LogP contribution in [0.25, 0.3) is 10.9 Å². The fourth-order valence-corrected chi connectivity index (χ4v) is 6.73. The Bertz CT molecular complexity index is 1140. The summed E-state index contributed by atoms with van der Waals surface area (Å²) >= 11 is 0. The summed E-state index contributed by atoms with van der Waals surface area (Å²) in [6.07, 6.45) is 15.3. The van der Waals surface area contributed by atoms with E-state index in [9.17, 15) is 4.79 Å². The van der Waals surface area contributed by atoms with Gasteiger partial charge in [0.1, 0.15) is 5.78 Å². The van der Waals surface area contributed by atoms with Gasteiger partial charge in [0.2, 0.25) is 0 Å². The molecule has 1 unspecified atom stereocenters. The molecule has 1 atom stereocenters. The molecular formula is C33H45ClN2O. The molecule has 37 heavy (non-hydrogen) atoms. The lowest BCUT2D eigenvalue weighted by molar-refractivity contribution is -0.119. The molecule has 0 amide bonds. The average Bonchev–Trinajstić information content (AvgIpc) is 3.26. The van der Waals surface area contributed by atoms with Crippen molar-refractivity contribution < 1.29 is 4.79 Å². The van der Waals surface area contributed by atoms with Gasteiger partial charge in [0.25, 0.3) is 0 Å². The molecule has 1 N–H and O–H groups in total. The van der Waals surface area contributed by atoms with Gasteiger partial charge >= 0.3 is 0 Å². The van der Waals surface area contributed by atoms with Crippen LogP contribution < -0.4 is 5.32 Å². The molecule has 5 rings (SSSR count). The molecular weight excluding hydrogens is 476 g/mol. The van der Waals surface area contributed by atoms with Crippen LogP contribution in [0.1, 0.15) is 93.2 Å². The number of nitrogens with one attached hydrogen (secondary N) is 1. The molecule has 1 saturated carbocycles. The predicted octanol–water partition coefficient (Wildman–Crippen LogP) is 8.21. The van der Waals surface area contributed by atoms with Gasteiger partial charge < -0.3 is 9.88 Å². The van der Waals surface area contributed by atoms with E-state index in [0.717, 1.165) is 37.9 Å². The number of aromatic nitrogens is 1. The summed E-state index contributed by atoms with van der Waals surface area (Å²) in [4.78, 5) is 13.4. The molecule has 2 aliphatic rings. The lowest BCUT2D eigenvalue weighted by Crippen LogP contribution is -2.27. The number of fused-ring (bicyclic) bond motifs is 1. The van der Waals surface area contributed by atoms with Gasteiger partial charge in [-0.3, -0.25) is 4.79 Å². The number of hydrogen-bond acceptors (Lipinski definition) is 2. The van der Waals surface area contributed by atoms with Gasteiger partial charge in [-0.05, 0) is 87.6 Å². The Kier molecular flexibility index (Phi) is 10.3. The summed E-state index contributed by atoms with van der Waals surface area (Å²) in [6.45, 7) is 5.54. The van der Waals surface area contributed by atoms with E-state index in [2.05, 4.69) is 71.5 Å². The van der Waals surface area contributed by atoms with Crippen LogP contribution in [0.4, 0.5) is 0 Å². The SMILES string of the molecule is Cc1cccc(C(CC(=O)CCCC2CCNCC2)c2cn(CC3CCCCC3)c3ccccc23)c1.Cl. The van der Waals surface area contributed by atoms with Gasteiger partial charge in [-0.15, -0.1) is 12.4 Å². The lowest BCUT2D eigenvalue weighted by Gasteiger charge is -2.23. The lowest BCUT2D eigenvalue weighted by atomic mass is 9.85. The zero-order valence-corrected chi connectivity index (χ0v) is 23.4. The number of rotatable bonds is 10. The van der Waals surface area contributed by atoms with Crippen LogP contribution in [0.5, 0.6) is 0 Å². The van der Waals surface area contributed by atoms with Crippen molar-refractivity contribution in [3.05, 3.63) is 71.4 Å². The number of aryl methyl sites for hydroxylation is 1. The number of carbonyl (C=O) groups is 1. The molecule has 4 heteroatoms. The second-order valence-electron chi connectivity index (χ2n) is 11.6. The number of benzene rings is 2. The van der Waals surface area contributed by atoms with Crippen LogP contribution >= 0.6 is 12.4 Å². The maximum absolute atomic E-state index is 13.4. The van der Waals surface area contributed by atoms with Crippen LogP contribution in [0.15, 0.2) is 54.7 Å². The smallest absolute Gasteiger partial charge is 0.133 e. The van der Waals surface area contributed by atoms with Crippen molar-refractivity contribution in [3.63, 3.8) is 0 Å². The van der Waals surface area contributed by atoms with Crippen molar-refractivity contribution in [3.8, 4) is 0 Å². The highest BCUT2D eigenvalue weighted by atomic mass is 35.5. The Balaban J connectivity index is 0.00000320. The van der Waals surface area contributed by atoms with Crippen molar-refractivity contribution in [2.24, 2.45) is 11.8 Å². The summed E-state index contributed by atoms with van der Waals surface area (Å²) in [5.41, 5.74) is 5.21. The fourth-order valence-electron chi connectivity index (χ4n) is 6.73. The fraction of sp³-hybridized carbons (Fsp3) is 0.545. The molecule has 0 spiro atoms. The van der Waals surface area contributed by atoms with E-state index >= 15 is 0 Å². The Morgan fingerprint density at radius 2 is 1.76 bits per heavy atom. The molecule has 1 aliphatic carbocycles. The second kappa shape index (κ2) is 13.6. The van der Waals surface area contributed by atoms with Crippen molar-refractivity contribution in [1.29, 1.82) is 0 Å². The summed E-state index contributed by atoms with van der Waals surface area (Å²) in [6, 6.07) is 17.7. The summed E-state index contributed by atoms with van der Waals surface area (Å²) in [7, 11) is 0. The Morgan fingerprint density at radius 3 is 2.54 bits per heavy atom. The molecule has 200 valence electrons. The topological polar surface area (TPSA) is 34.0 Å². The van der Waals surface area contributed by atoms with Crippen LogP contribution in [-0.4, -0.2) is 23.4 Å². The van der Waals surface area contributed by atoms with Crippen molar-refractivity contribution in [2.45, 2.75) is 90.0 Å². The number of piperidine rings is 1. The number of para-hydroxylation sites is 1. The van der Waals surface area contributed by atoms with E-state index in [0.29, 0.717) is 18.6 Å². The van der Waals surface area contributed by atoms with E-state index in [-0.39, 0.29) is 18.3 Å². The third kappa shape index (κ3) is 7.27. The normalized spacial score (nSPS) is 18.0. The van der Waals surface area contributed by atoms with E-state index < -0.39 is 0 Å². The highest BCUT2D eigenvalue weighted by molar-refractivity contribution is 5.87. The summed E-state index contributed by atoms with van der Waals surface area (Å²) in [5.74, 6) is 2.11. The van der Waals surface area contributed by atoms with Crippen molar-refractivity contribution >= 4 is 29.1 Å². The quantitative estimate of drug-likeness (QED) is 0.292. The third-order valence-electron chi connectivity index (χ3n) is 8.78. The predicted molar refractivity (Wildman–Crippen MR) is 158 cm³/mol. The standard InChI is InChI=1S/C33H44N2O.ClH/c1-25-9-7-13-28(21-25)31(22-29(36)14-8-12-26-17-19-34-20-18-26)32-24-35(23-27-10-3-2-4-11-27)33-16-6-5-15-30(32)33;/h5-7,9,13,15-16,21,24,26-27,31,34H,2-4,8,10-12,14,17-20,22-23H2,1H3;1H. The van der Waals surface area contributed by atoms with Crippen LogP contribution in [-0.2, 0) is 11.3 Å². The highest BCUT2D eigenvalue weighted by Crippen LogP contribution is 2.37. The third-order valence-corrected chi connectivity index (χ3v) is 8.78. The molecule has 0 radical (unpaired) electrons. The molecule has 2 aromatic carbocycles. The van der Waals surface area contributed by atoms with Crippen LogP contribution in [0, 0.1) is 18.8 Å². The van der Waals surface area contributed by atoms with Crippen LogP contribution in [0.2, 0.25) is 0 Å². The first-order valence-corrected chi connectivity index (χ1v) is 14.5. The van der Waals surface area contributed by atoms with Crippen molar-refractivity contribution in [1.82, 2.24) is 9.88 Å². The van der Waals surface area contributed by atoms with Crippen LogP contribution in [0.3, 0.4) is 0 Å². The van der Waals surface area contributed by atoms with Gasteiger partial charge in [-0.1, -0.05) is 67.3 Å². The second-order valence-corrected chi connectivity index (χ2v) is 11.6. The van der Waals surface area contributed by atoms with Gasteiger partial charge in [0.05, 0.1) is 0 Å². The number of carbonyl (C=O) groups excluding carboxylic acids is 1. The number of Topliss-reactive ketones (excluding diaryl/α,β-unsaturated/α-hetero) is 1. The minimum absolute atomic E-state index is 0. The number of nitrogens with zero attached hydrogens (tertiary/aromatic N) is 1. The maximum atomic E-state index is 13.4. The Labute approximate surface area is 229 Å². The van der Waals surface area contributed by atoms with E-state index in [4.69, 9.17) is 0 Å². The monoisotopic (exact) mass is 520 g/mol. The Hall–Kier alpha value is -2.10. The molecule has 1 aromatic heterocycles. The molecule has 1 saturated heterocycles. The molecule has 3 aromatic rings. The first kappa shape index (κ1) is 27.9. The number of halogens is 1. The largest absolute Gasteiger partial charge is 0.347 e. The van der Waals surface area contributed by atoms with E-state index in [1.54, 1.807) is 0 Å².